The van der Waals surface area contributed by atoms with Crippen molar-refractivity contribution in [3.8, 4) is 0 Å². The molecule has 0 radical (unpaired) electrons. The average molecular weight is 590 g/mol. The Bertz CT molecular complexity index is 1180. The second-order valence-corrected chi connectivity index (χ2v) is 12.5. The van der Waals surface area contributed by atoms with E-state index in [1.165, 1.54) is 0 Å². The first-order valence-corrected chi connectivity index (χ1v) is 16.0. The molecule has 10 nitrogen and oxygen atoms in total. The zero-order valence-corrected chi connectivity index (χ0v) is 24.5. The number of carboxylic acid groups (broad SMARTS) is 1. The van der Waals surface area contributed by atoms with Crippen molar-refractivity contribution in [2.24, 2.45) is 0 Å². The summed E-state index contributed by atoms with van der Waals surface area (Å²) in [5.41, 5.74) is 1.99. The lowest BCUT2D eigenvalue weighted by atomic mass is 10.1. The van der Waals surface area contributed by atoms with Gasteiger partial charge in [0.15, 0.2) is 6.10 Å². The van der Waals surface area contributed by atoms with Crippen LogP contribution < -0.4 is 5.32 Å². The van der Waals surface area contributed by atoms with Gasteiger partial charge in [-0.1, -0.05) is 60.7 Å². The molecule has 224 valence electrons. The summed E-state index contributed by atoms with van der Waals surface area (Å²) in [6, 6.07) is 18.6. The predicted molar refractivity (Wildman–Crippen MR) is 154 cm³/mol. The summed E-state index contributed by atoms with van der Waals surface area (Å²) in [5, 5.41) is 12.7. The average Bonchev–Trinajstić information content (AvgIpc) is 3.36. The summed E-state index contributed by atoms with van der Waals surface area (Å²) >= 11 is 0. The number of likely N-dealkylation sites (tertiary alicyclic amines) is 1. The van der Waals surface area contributed by atoms with Crippen LogP contribution in [0.2, 0.25) is 0 Å². The van der Waals surface area contributed by atoms with E-state index in [1.807, 2.05) is 60.7 Å². The van der Waals surface area contributed by atoms with Crippen LogP contribution in [0.5, 0.6) is 0 Å². The van der Waals surface area contributed by atoms with Crippen LogP contribution in [0.15, 0.2) is 60.7 Å². The van der Waals surface area contributed by atoms with Gasteiger partial charge in [-0.05, 0) is 56.6 Å². The number of nitrogens with zero attached hydrogens (tertiary/aromatic N) is 1. The van der Waals surface area contributed by atoms with E-state index in [-0.39, 0.29) is 32.3 Å². The molecule has 3 N–H and O–H groups in total. The second-order valence-electron chi connectivity index (χ2n) is 10.6. The fraction of sp³-hybridized carbons (Fsp3) is 0.500. The van der Waals surface area contributed by atoms with Crippen molar-refractivity contribution in [2.75, 3.05) is 19.3 Å². The molecule has 0 aromatic heterocycles. The van der Waals surface area contributed by atoms with Crippen molar-refractivity contribution in [2.45, 2.75) is 77.0 Å². The van der Waals surface area contributed by atoms with Gasteiger partial charge in [-0.2, -0.15) is 9.28 Å². The zero-order chi connectivity index (χ0) is 29.7. The molecule has 1 saturated heterocycles. The van der Waals surface area contributed by atoms with E-state index in [1.54, 1.807) is 6.92 Å². The van der Waals surface area contributed by atoms with Gasteiger partial charge in [0, 0.05) is 19.4 Å². The summed E-state index contributed by atoms with van der Waals surface area (Å²) in [7, 11) is -4.17. The molecule has 3 amide bonds. The van der Waals surface area contributed by atoms with Crippen LogP contribution in [-0.4, -0.2) is 64.0 Å². The fourth-order valence-electron chi connectivity index (χ4n) is 5.22. The van der Waals surface area contributed by atoms with Crippen LogP contribution in [-0.2, 0) is 31.6 Å². The molecule has 1 aliphatic heterocycles. The van der Waals surface area contributed by atoms with E-state index < -0.39 is 42.3 Å². The molecule has 0 aliphatic carbocycles. The number of hydrogen-bond donors (Lipinski definition) is 3. The molecule has 0 bridgehead atoms. The Labute approximate surface area is 241 Å². The lowest BCUT2D eigenvalue weighted by molar-refractivity contribution is -0.794. The number of benzene rings is 2. The Morgan fingerprint density at radius 1 is 1.00 bits per heavy atom. The minimum Gasteiger partial charge on any atom is -0.445 e. The molecule has 0 saturated carbocycles. The third kappa shape index (κ3) is 9.78. The van der Waals surface area contributed by atoms with E-state index in [0.29, 0.717) is 38.5 Å². The number of ether oxygens (including phenoxy) is 1. The lowest BCUT2D eigenvalue weighted by Gasteiger charge is -2.33. The number of hydrogen-bond acceptors (Lipinski definition) is 6. The molecule has 3 unspecified atom stereocenters. The highest BCUT2D eigenvalue weighted by atomic mass is 31.2. The minimum absolute atomic E-state index is 0.0636. The van der Waals surface area contributed by atoms with Crippen LogP contribution in [0, 0.1) is 0 Å². The van der Waals surface area contributed by atoms with Crippen molar-refractivity contribution in [3.63, 3.8) is 0 Å². The highest BCUT2D eigenvalue weighted by molar-refractivity contribution is 7.52. The molecular weight excluding hydrogens is 547 g/mol. The molecule has 1 heterocycles. The number of alkyl carbamates (subject to hydrolysis) is 1. The van der Waals surface area contributed by atoms with Crippen molar-refractivity contribution >= 4 is 25.7 Å². The van der Waals surface area contributed by atoms with Crippen LogP contribution in [0.25, 0.3) is 0 Å². The van der Waals surface area contributed by atoms with Gasteiger partial charge in [0.1, 0.15) is 12.6 Å². The van der Waals surface area contributed by atoms with E-state index >= 15 is 0 Å². The number of imide groups is 1. The standard InChI is InChI=1S/C30H41N2O8P/c1-24-13-12-21-32(24,30(35)36)28(33)27(40-41(37,38)22-11-9-16-25-14-4-2-5-15-25)19-8-10-20-31-29(34)39-23-26-17-6-3-7-18-26/h2-7,14-15,17-18,24,27H,8-13,16,19-23H2,1H3,(H2-,31,34,35,36,37,38)/p+1/t24?,27?,32-/m0/s1. The molecular formula is C30H42N2O8P+. The molecule has 2 aromatic carbocycles. The first-order chi connectivity index (χ1) is 19.6. The maximum atomic E-state index is 13.6. The zero-order valence-electron chi connectivity index (χ0n) is 23.7. The maximum Gasteiger partial charge on any atom is 0.521 e. The molecule has 11 heteroatoms. The number of nitrogens with one attached hydrogen (secondary N) is 1. The van der Waals surface area contributed by atoms with E-state index in [4.69, 9.17) is 9.26 Å². The number of unbranched alkanes of at least 4 members (excludes halogenated alkanes) is 2. The number of quaternary nitrogens is 1. The third-order valence-electron chi connectivity index (χ3n) is 7.56. The Morgan fingerprint density at radius 2 is 1.66 bits per heavy atom. The van der Waals surface area contributed by atoms with Crippen LogP contribution in [0.1, 0.15) is 63.0 Å². The smallest absolute Gasteiger partial charge is 0.445 e. The van der Waals surface area contributed by atoms with Gasteiger partial charge in [0.05, 0.1) is 12.7 Å². The number of rotatable bonds is 15. The van der Waals surface area contributed by atoms with Gasteiger partial charge in [0.2, 0.25) is 0 Å². The first kappa shape index (κ1) is 32.5. The Balaban J connectivity index is 1.54. The first-order valence-electron chi connectivity index (χ1n) is 14.3. The van der Waals surface area contributed by atoms with Crippen molar-refractivity contribution in [1.82, 2.24) is 5.32 Å². The number of aryl methyl sites for hydroxylation is 1. The minimum atomic E-state index is -4.17. The Hall–Kier alpha value is -3.04. The van der Waals surface area contributed by atoms with Crippen molar-refractivity contribution in [1.29, 1.82) is 0 Å². The maximum absolute atomic E-state index is 13.6. The summed E-state index contributed by atoms with van der Waals surface area (Å²) in [6.45, 7) is 2.24. The number of amides is 3. The van der Waals surface area contributed by atoms with Crippen LogP contribution in [0.3, 0.4) is 0 Å². The topological polar surface area (TPSA) is 139 Å². The van der Waals surface area contributed by atoms with E-state index in [2.05, 4.69) is 5.32 Å². The van der Waals surface area contributed by atoms with Gasteiger partial charge in [0.25, 0.3) is 0 Å². The largest absolute Gasteiger partial charge is 0.521 e. The summed E-state index contributed by atoms with van der Waals surface area (Å²) < 4.78 is 23.0. The molecule has 41 heavy (non-hydrogen) atoms. The van der Waals surface area contributed by atoms with Crippen molar-refractivity contribution in [3.05, 3.63) is 71.8 Å². The van der Waals surface area contributed by atoms with Crippen molar-refractivity contribution < 1.29 is 42.7 Å². The Morgan fingerprint density at radius 3 is 2.27 bits per heavy atom. The molecule has 1 fully saturated rings. The summed E-state index contributed by atoms with van der Waals surface area (Å²) in [5.74, 6) is -0.698. The van der Waals surface area contributed by atoms with E-state index in [9.17, 15) is 28.9 Å². The van der Waals surface area contributed by atoms with Gasteiger partial charge in [-0.15, -0.1) is 0 Å². The predicted octanol–water partition coefficient (Wildman–Crippen LogP) is 5.88. The van der Waals surface area contributed by atoms with E-state index in [0.717, 1.165) is 17.5 Å². The lowest BCUT2D eigenvalue weighted by Crippen LogP contribution is -2.62. The number of carbonyl (C=O) groups is 3. The Kier molecular flexibility index (Phi) is 12.5. The quantitative estimate of drug-likeness (QED) is 0.133. The molecule has 4 atom stereocenters. The summed E-state index contributed by atoms with van der Waals surface area (Å²) in [4.78, 5) is 48.6. The molecule has 3 rings (SSSR count). The molecule has 0 spiro atoms. The number of carbonyl (C=O) groups excluding carboxylic acids is 2. The summed E-state index contributed by atoms with van der Waals surface area (Å²) in [6.07, 6.45) is 0.550. The molecule has 1 aliphatic rings. The van der Waals surface area contributed by atoms with Gasteiger partial charge in [-0.3, -0.25) is 9.09 Å². The van der Waals surface area contributed by atoms with Crippen LogP contribution in [0.4, 0.5) is 9.59 Å². The normalized spacial score (nSPS) is 20.6. The third-order valence-corrected chi connectivity index (χ3v) is 9.03. The van der Waals surface area contributed by atoms with Crippen LogP contribution >= 0.6 is 7.60 Å². The SMILES string of the molecule is CC1CCC[N@@+]1(C(=O)O)C(=O)C(CCCCNC(=O)OCc1ccccc1)OP(=O)(O)CCCCc1ccccc1. The second kappa shape index (κ2) is 15.8. The molecule has 2 aromatic rings. The van der Waals surface area contributed by atoms with Gasteiger partial charge in [-0.25, -0.2) is 9.59 Å². The van der Waals surface area contributed by atoms with Gasteiger partial charge >= 0.3 is 25.7 Å². The van der Waals surface area contributed by atoms with Gasteiger partial charge < -0.3 is 20.1 Å². The fourth-order valence-corrected chi connectivity index (χ4v) is 6.54. The highest BCUT2D eigenvalue weighted by Gasteiger charge is 2.56. The monoisotopic (exact) mass is 589 g/mol. The highest BCUT2D eigenvalue weighted by Crippen LogP contribution is 2.46.